The van der Waals surface area contributed by atoms with Crippen LogP contribution in [0.1, 0.15) is 49.9 Å². The molecule has 8 rings (SSSR count). The number of hydrogen-bond donors (Lipinski definition) is 0. The van der Waals surface area contributed by atoms with Gasteiger partial charge in [-0.25, -0.2) is 0 Å². The summed E-state index contributed by atoms with van der Waals surface area (Å²) in [6, 6.07) is 36.1. The fourth-order valence-corrected chi connectivity index (χ4v) is 7.25. The van der Waals surface area contributed by atoms with Crippen LogP contribution in [0.25, 0.3) is 32.7 Å². The molecule has 2 nitrogen and oxygen atoms in total. The average molecular weight is 503 g/mol. The van der Waals surface area contributed by atoms with Gasteiger partial charge in [-0.05, 0) is 79.9 Å². The molecule has 188 valence electrons. The van der Waals surface area contributed by atoms with Crippen LogP contribution in [0, 0.1) is 0 Å². The van der Waals surface area contributed by atoms with Crippen LogP contribution in [-0.4, -0.2) is 4.98 Å². The van der Waals surface area contributed by atoms with Gasteiger partial charge in [0.15, 0.2) is 0 Å². The number of anilines is 3. The zero-order valence-corrected chi connectivity index (χ0v) is 22.8. The molecule has 0 spiro atoms. The largest absolute Gasteiger partial charge is 0.309 e. The fraction of sp³-hybridized carbons (Fsp3) is 0.162. The van der Waals surface area contributed by atoms with Crippen molar-refractivity contribution in [3.63, 3.8) is 0 Å². The second-order valence-corrected chi connectivity index (χ2v) is 12.1. The number of fused-ring (bicyclic) bond motifs is 6. The lowest BCUT2D eigenvalue weighted by atomic mass is 9.66. The molecule has 0 bridgehead atoms. The van der Waals surface area contributed by atoms with E-state index in [0.717, 1.165) is 0 Å². The Bertz CT molecular complexity index is 1920. The molecule has 0 saturated carbocycles. The minimum absolute atomic E-state index is 0.0686. The Kier molecular flexibility index (Phi) is 4.38. The topological polar surface area (TPSA) is 16.1 Å². The third kappa shape index (κ3) is 2.89. The molecule has 0 fully saturated rings. The summed E-state index contributed by atoms with van der Waals surface area (Å²) in [5, 5.41) is 4.93. The second kappa shape index (κ2) is 7.57. The highest BCUT2D eigenvalue weighted by Crippen LogP contribution is 2.60. The minimum Gasteiger partial charge on any atom is -0.309 e. The smallest absolute Gasteiger partial charge is 0.0543 e. The first-order valence-electron chi connectivity index (χ1n) is 13.8. The van der Waals surface area contributed by atoms with Gasteiger partial charge in [-0.3, -0.25) is 4.98 Å². The zero-order chi connectivity index (χ0) is 26.5. The summed E-state index contributed by atoms with van der Waals surface area (Å²) >= 11 is 0. The first-order valence-corrected chi connectivity index (χ1v) is 13.8. The summed E-state index contributed by atoms with van der Waals surface area (Å²) < 4.78 is 0. The summed E-state index contributed by atoms with van der Waals surface area (Å²) in [6.45, 7) is 9.51. The van der Waals surface area contributed by atoms with Crippen molar-refractivity contribution in [3.8, 4) is 11.1 Å². The van der Waals surface area contributed by atoms with Gasteiger partial charge >= 0.3 is 0 Å². The molecule has 0 saturated heterocycles. The molecule has 3 heterocycles. The van der Waals surface area contributed by atoms with Crippen molar-refractivity contribution in [2.75, 3.05) is 4.90 Å². The molecule has 1 aromatic heterocycles. The monoisotopic (exact) mass is 502 g/mol. The lowest BCUT2D eigenvalue weighted by Crippen LogP contribution is -2.38. The molecule has 39 heavy (non-hydrogen) atoms. The molecule has 0 N–H and O–H groups in total. The molecule has 0 amide bonds. The van der Waals surface area contributed by atoms with Gasteiger partial charge in [0, 0.05) is 28.6 Å². The second-order valence-electron chi connectivity index (χ2n) is 12.1. The van der Waals surface area contributed by atoms with Crippen LogP contribution in [0.5, 0.6) is 0 Å². The number of aromatic nitrogens is 1. The third-order valence-electron chi connectivity index (χ3n) is 9.29. The Morgan fingerprint density at radius 1 is 0.564 bits per heavy atom. The Balaban J connectivity index is 1.45. The molecule has 0 aliphatic carbocycles. The Labute approximate surface area is 229 Å². The van der Waals surface area contributed by atoms with E-state index < -0.39 is 0 Å². The lowest BCUT2D eigenvalue weighted by Gasteiger charge is -2.49. The van der Waals surface area contributed by atoms with E-state index in [9.17, 15) is 0 Å². The maximum atomic E-state index is 4.52. The van der Waals surface area contributed by atoms with Crippen LogP contribution in [0.4, 0.5) is 17.1 Å². The zero-order valence-electron chi connectivity index (χ0n) is 22.8. The van der Waals surface area contributed by atoms with Gasteiger partial charge in [-0.2, -0.15) is 0 Å². The fourth-order valence-electron chi connectivity index (χ4n) is 7.25. The molecule has 6 aromatic rings. The SMILES string of the molecule is CC1(C)c2ccccc2N2c3ccc(-c4c5ccccc5cc5ccncc45)cc3C(C)(C)c3cccc1c32. The van der Waals surface area contributed by atoms with E-state index in [1.54, 1.807) is 0 Å². The van der Waals surface area contributed by atoms with Gasteiger partial charge in [0.1, 0.15) is 0 Å². The van der Waals surface area contributed by atoms with Crippen LogP contribution in [0.2, 0.25) is 0 Å². The summed E-state index contributed by atoms with van der Waals surface area (Å²) in [5.74, 6) is 0. The maximum Gasteiger partial charge on any atom is 0.0543 e. The maximum absolute atomic E-state index is 4.52. The Morgan fingerprint density at radius 2 is 1.23 bits per heavy atom. The predicted octanol–water partition coefficient (Wildman–Crippen LogP) is 9.80. The molecule has 0 atom stereocenters. The Morgan fingerprint density at radius 3 is 2.08 bits per heavy atom. The van der Waals surface area contributed by atoms with Crippen LogP contribution in [0.15, 0.2) is 109 Å². The quantitative estimate of drug-likeness (QED) is 0.208. The number of para-hydroxylation sites is 2. The van der Waals surface area contributed by atoms with Crippen LogP contribution in [-0.2, 0) is 10.8 Å². The van der Waals surface area contributed by atoms with Crippen molar-refractivity contribution >= 4 is 38.6 Å². The minimum atomic E-state index is -0.159. The standard InChI is InChI=1S/C37H30N2/c1-36(2)28-12-7-8-15-32(28)39-33-17-16-25(21-31(33)37(3,4)30-14-9-13-29(36)35(30)39)34-26-11-6-5-10-23(26)20-24-18-19-38-22-27(24)34/h5-22H,1-4H3. The molecular formula is C37H30N2. The van der Waals surface area contributed by atoms with Gasteiger partial charge in [0.05, 0.1) is 17.1 Å². The molecule has 2 aliphatic heterocycles. The molecule has 2 aliphatic rings. The number of rotatable bonds is 1. The van der Waals surface area contributed by atoms with E-state index >= 15 is 0 Å². The van der Waals surface area contributed by atoms with Crippen LogP contribution >= 0.6 is 0 Å². The lowest BCUT2D eigenvalue weighted by molar-refractivity contribution is 0.597. The highest BCUT2D eigenvalue weighted by atomic mass is 15.2. The summed E-state index contributed by atoms with van der Waals surface area (Å²) in [4.78, 5) is 7.05. The van der Waals surface area contributed by atoms with Crippen LogP contribution < -0.4 is 4.90 Å². The van der Waals surface area contributed by atoms with Crippen molar-refractivity contribution in [3.05, 3.63) is 132 Å². The highest BCUT2D eigenvalue weighted by Gasteiger charge is 2.45. The van der Waals surface area contributed by atoms with E-state index in [-0.39, 0.29) is 10.8 Å². The first-order chi connectivity index (χ1) is 18.9. The van der Waals surface area contributed by atoms with E-state index in [2.05, 4.69) is 135 Å². The molecule has 5 aromatic carbocycles. The van der Waals surface area contributed by atoms with Crippen molar-refractivity contribution in [2.24, 2.45) is 0 Å². The van der Waals surface area contributed by atoms with Gasteiger partial charge in [-0.1, -0.05) is 94.4 Å². The van der Waals surface area contributed by atoms with Crippen molar-refractivity contribution in [2.45, 2.75) is 38.5 Å². The predicted molar refractivity (Wildman–Crippen MR) is 164 cm³/mol. The summed E-state index contributed by atoms with van der Waals surface area (Å²) in [6.07, 6.45) is 3.91. The van der Waals surface area contributed by atoms with Gasteiger partial charge < -0.3 is 4.90 Å². The van der Waals surface area contributed by atoms with Gasteiger partial charge in [0.2, 0.25) is 0 Å². The molecule has 0 unspecified atom stereocenters. The highest BCUT2D eigenvalue weighted by molar-refractivity contribution is 6.12. The first kappa shape index (κ1) is 22.5. The van der Waals surface area contributed by atoms with Crippen molar-refractivity contribution in [1.82, 2.24) is 4.98 Å². The Hall–Kier alpha value is -4.43. The summed E-state index contributed by atoms with van der Waals surface area (Å²) in [7, 11) is 0. The summed E-state index contributed by atoms with van der Waals surface area (Å²) in [5.41, 5.74) is 11.7. The van der Waals surface area contributed by atoms with Gasteiger partial charge in [-0.15, -0.1) is 0 Å². The molecule has 0 radical (unpaired) electrons. The third-order valence-corrected chi connectivity index (χ3v) is 9.29. The van der Waals surface area contributed by atoms with Crippen molar-refractivity contribution in [1.29, 1.82) is 0 Å². The molecule has 2 heteroatoms. The van der Waals surface area contributed by atoms with Gasteiger partial charge in [0.25, 0.3) is 0 Å². The normalized spacial score (nSPS) is 16.1. The van der Waals surface area contributed by atoms with E-state index in [1.165, 1.54) is 72.0 Å². The number of nitrogens with zero attached hydrogens (tertiary/aromatic N) is 2. The van der Waals surface area contributed by atoms with E-state index in [0.29, 0.717) is 0 Å². The van der Waals surface area contributed by atoms with E-state index in [4.69, 9.17) is 0 Å². The molecular weight excluding hydrogens is 472 g/mol. The van der Waals surface area contributed by atoms with Crippen LogP contribution in [0.3, 0.4) is 0 Å². The van der Waals surface area contributed by atoms with E-state index in [1.807, 2.05) is 12.4 Å². The van der Waals surface area contributed by atoms with Crippen molar-refractivity contribution < 1.29 is 0 Å². The average Bonchev–Trinajstić information content (AvgIpc) is 2.95. The number of benzene rings is 5. The number of hydrogen-bond acceptors (Lipinski definition) is 2. The number of pyridine rings is 1.